The number of aryl methyl sites for hydroxylation is 1. The summed E-state index contributed by atoms with van der Waals surface area (Å²) < 4.78 is 49.8. The first-order chi connectivity index (χ1) is 9.66. The van der Waals surface area contributed by atoms with Crippen LogP contribution in [0.3, 0.4) is 0 Å². The van der Waals surface area contributed by atoms with Gasteiger partial charge in [-0.2, -0.15) is 8.42 Å². The molecule has 1 aromatic heterocycles. The highest BCUT2D eigenvalue weighted by Crippen LogP contribution is 2.16. The molecule has 1 aromatic carbocycles. The van der Waals surface area contributed by atoms with Gasteiger partial charge in [0, 0.05) is 18.9 Å². The topological polar surface area (TPSA) is 124 Å². The van der Waals surface area contributed by atoms with Crippen LogP contribution in [0.1, 0.15) is 5.56 Å². The molecule has 2 aromatic rings. The van der Waals surface area contributed by atoms with Crippen LogP contribution in [0.2, 0.25) is 0 Å². The van der Waals surface area contributed by atoms with E-state index in [-0.39, 0.29) is 10.8 Å². The average Bonchev–Trinajstić information content (AvgIpc) is 2.77. The van der Waals surface area contributed by atoms with Gasteiger partial charge >= 0.3 is 0 Å². The van der Waals surface area contributed by atoms with Gasteiger partial charge in [-0.05, 0) is 17.7 Å². The molecule has 0 amide bonds. The zero-order chi connectivity index (χ0) is 15.7. The minimum absolute atomic E-state index is 0.0985. The van der Waals surface area contributed by atoms with Crippen LogP contribution in [0, 0.1) is 0 Å². The molecule has 2 rings (SSSR count). The summed E-state index contributed by atoms with van der Waals surface area (Å²) in [5.41, 5.74) is 0.775. The summed E-state index contributed by atoms with van der Waals surface area (Å²) in [6.07, 6.45) is 2.75. The molecule has 10 heteroatoms. The van der Waals surface area contributed by atoms with E-state index < -0.39 is 20.0 Å². The maximum Gasteiger partial charge on any atom is 0.280 e. The lowest BCUT2D eigenvalue weighted by Crippen LogP contribution is -2.15. The van der Waals surface area contributed by atoms with Crippen LogP contribution in [0.25, 0.3) is 0 Å². The first-order valence-corrected chi connectivity index (χ1v) is 8.96. The van der Waals surface area contributed by atoms with E-state index in [0.717, 1.165) is 0 Å². The van der Waals surface area contributed by atoms with Gasteiger partial charge in [0.05, 0.1) is 12.1 Å². The molecule has 3 N–H and O–H groups in total. The Balaban J connectivity index is 2.17. The van der Waals surface area contributed by atoms with Gasteiger partial charge in [-0.3, -0.25) is 4.72 Å². The minimum atomic E-state index is -3.77. The summed E-state index contributed by atoms with van der Waals surface area (Å²) in [5.74, 6) is -0.305. The number of nitrogens with one attached hydrogen (secondary N) is 1. The van der Waals surface area contributed by atoms with E-state index in [0.29, 0.717) is 11.3 Å². The third kappa shape index (κ3) is 4.28. The van der Waals surface area contributed by atoms with Crippen molar-refractivity contribution in [1.29, 1.82) is 0 Å². The van der Waals surface area contributed by atoms with E-state index >= 15 is 0 Å². The second-order valence-electron chi connectivity index (χ2n) is 4.49. The molecule has 0 aliphatic carbocycles. The standard InChI is InChI=1S/C11H14N4O4S2/c1-15-6-11(13-8-15)21(18,19)14-10-4-2-9(3-5-10)7-20(12,16)17/h2-6,8,14H,7H2,1H3,(H2,12,16,17). The molecule has 0 atom stereocenters. The zero-order valence-corrected chi connectivity index (χ0v) is 12.7. The predicted molar refractivity (Wildman–Crippen MR) is 77.3 cm³/mol. The Morgan fingerprint density at radius 2 is 1.81 bits per heavy atom. The number of hydrogen-bond acceptors (Lipinski definition) is 5. The summed E-state index contributed by atoms with van der Waals surface area (Å²) in [7, 11) is -5.72. The summed E-state index contributed by atoms with van der Waals surface area (Å²) in [5, 5.41) is 4.84. The van der Waals surface area contributed by atoms with Crippen LogP contribution in [0.5, 0.6) is 0 Å². The number of imidazole rings is 1. The van der Waals surface area contributed by atoms with Crippen LogP contribution in [-0.2, 0) is 32.8 Å². The van der Waals surface area contributed by atoms with Gasteiger partial charge < -0.3 is 4.57 Å². The molecular weight excluding hydrogens is 316 g/mol. The molecule has 0 fully saturated rings. The van der Waals surface area contributed by atoms with E-state index in [1.54, 1.807) is 7.05 Å². The molecule has 0 aliphatic heterocycles. The first kappa shape index (κ1) is 15.5. The first-order valence-electron chi connectivity index (χ1n) is 5.76. The van der Waals surface area contributed by atoms with Gasteiger partial charge in [0.15, 0.2) is 5.03 Å². The van der Waals surface area contributed by atoms with Crippen molar-refractivity contribution in [3.63, 3.8) is 0 Å². The van der Waals surface area contributed by atoms with Crippen molar-refractivity contribution in [2.24, 2.45) is 12.2 Å². The van der Waals surface area contributed by atoms with Gasteiger partial charge in [-0.25, -0.2) is 18.5 Å². The molecule has 0 unspecified atom stereocenters. The molecule has 0 spiro atoms. The molecule has 0 saturated carbocycles. The highest BCUT2D eigenvalue weighted by Gasteiger charge is 2.17. The number of hydrogen-bond donors (Lipinski definition) is 2. The highest BCUT2D eigenvalue weighted by atomic mass is 32.2. The Morgan fingerprint density at radius 3 is 2.29 bits per heavy atom. The van der Waals surface area contributed by atoms with Crippen molar-refractivity contribution < 1.29 is 16.8 Å². The Labute approximate surface area is 122 Å². The highest BCUT2D eigenvalue weighted by molar-refractivity contribution is 7.92. The monoisotopic (exact) mass is 330 g/mol. The average molecular weight is 330 g/mol. The van der Waals surface area contributed by atoms with Crippen LogP contribution < -0.4 is 9.86 Å². The molecule has 0 radical (unpaired) electrons. The van der Waals surface area contributed by atoms with Crippen LogP contribution in [0.4, 0.5) is 5.69 Å². The summed E-state index contributed by atoms with van der Waals surface area (Å²) in [6.45, 7) is 0. The molecule has 114 valence electrons. The van der Waals surface area contributed by atoms with Crippen molar-refractivity contribution >= 4 is 25.7 Å². The second-order valence-corrected chi connectivity index (χ2v) is 7.73. The fourth-order valence-corrected chi connectivity index (χ4v) is 3.34. The molecular formula is C11H14N4O4S2. The SMILES string of the molecule is Cn1cnc(S(=O)(=O)Nc2ccc(CS(N)(=O)=O)cc2)c1. The smallest absolute Gasteiger partial charge is 0.280 e. The number of nitrogens with zero attached hydrogens (tertiary/aromatic N) is 2. The lowest BCUT2D eigenvalue weighted by molar-refractivity contribution is 0.595. The van der Waals surface area contributed by atoms with Crippen molar-refractivity contribution in [3.8, 4) is 0 Å². The maximum absolute atomic E-state index is 12.0. The molecule has 0 bridgehead atoms. The Hall–Kier alpha value is -1.91. The van der Waals surface area contributed by atoms with Gasteiger partial charge in [0.2, 0.25) is 10.0 Å². The number of anilines is 1. The van der Waals surface area contributed by atoms with Crippen molar-refractivity contribution in [2.75, 3.05) is 4.72 Å². The molecule has 0 saturated heterocycles. The Bertz CT molecular complexity index is 839. The zero-order valence-electron chi connectivity index (χ0n) is 11.1. The second kappa shape index (κ2) is 5.47. The van der Waals surface area contributed by atoms with E-state index in [4.69, 9.17) is 5.14 Å². The van der Waals surface area contributed by atoms with E-state index in [9.17, 15) is 16.8 Å². The van der Waals surface area contributed by atoms with Gasteiger partial charge in [0.25, 0.3) is 10.0 Å². The predicted octanol–water partition coefficient (Wildman–Crippen LogP) is 0.00940. The minimum Gasteiger partial charge on any atom is -0.339 e. The third-order valence-corrected chi connectivity index (χ3v) is 4.53. The third-order valence-electron chi connectivity index (χ3n) is 2.53. The number of rotatable bonds is 5. The van der Waals surface area contributed by atoms with Crippen LogP contribution >= 0.6 is 0 Å². The molecule has 1 heterocycles. The van der Waals surface area contributed by atoms with E-state index in [2.05, 4.69) is 9.71 Å². The quantitative estimate of drug-likeness (QED) is 0.799. The van der Waals surface area contributed by atoms with Crippen LogP contribution in [-0.4, -0.2) is 26.4 Å². The van der Waals surface area contributed by atoms with E-state index in [1.807, 2.05) is 0 Å². The van der Waals surface area contributed by atoms with Crippen molar-refractivity contribution in [3.05, 3.63) is 42.4 Å². The summed E-state index contributed by atoms with van der Waals surface area (Å²) >= 11 is 0. The normalized spacial score (nSPS) is 12.3. The number of aromatic nitrogens is 2. The largest absolute Gasteiger partial charge is 0.339 e. The van der Waals surface area contributed by atoms with E-state index in [1.165, 1.54) is 41.4 Å². The van der Waals surface area contributed by atoms with Gasteiger partial charge in [0.1, 0.15) is 0 Å². The lowest BCUT2D eigenvalue weighted by atomic mass is 10.2. The van der Waals surface area contributed by atoms with Gasteiger partial charge in [-0.1, -0.05) is 12.1 Å². The number of primary sulfonamides is 1. The maximum atomic E-state index is 12.0. The molecule has 21 heavy (non-hydrogen) atoms. The fraction of sp³-hybridized carbons (Fsp3) is 0.182. The Morgan fingerprint density at radius 1 is 1.19 bits per heavy atom. The fourth-order valence-electron chi connectivity index (χ4n) is 1.64. The number of nitrogens with two attached hydrogens (primary N) is 1. The number of benzene rings is 1. The summed E-state index contributed by atoms with van der Waals surface area (Å²) in [6, 6.07) is 5.89. The lowest BCUT2D eigenvalue weighted by Gasteiger charge is -2.06. The van der Waals surface area contributed by atoms with Crippen molar-refractivity contribution in [1.82, 2.24) is 9.55 Å². The van der Waals surface area contributed by atoms with Gasteiger partial charge in [-0.15, -0.1) is 0 Å². The summed E-state index contributed by atoms with van der Waals surface area (Å²) in [4.78, 5) is 3.77. The number of sulfonamides is 2. The molecule has 8 nitrogen and oxygen atoms in total. The van der Waals surface area contributed by atoms with Crippen molar-refractivity contribution in [2.45, 2.75) is 10.8 Å². The molecule has 0 aliphatic rings. The Kier molecular flexibility index (Phi) is 4.03. The van der Waals surface area contributed by atoms with Crippen LogP contribution in [0.15, 0.2) is 41.8 Å².